The van der Waals surface area contributed by atoms with Crippen LogP contribution in [0.4, 0.5) is 4.39 Å². The first-order valence-electron chi connectivity index (χ1n) is 6.01. The van der Waals surface area contributed by atoms with E-state index in [9.17, 15) is 9.65 Å². The number of rotatable bonds is 4. The zero-order valence-electron chi connectivity index (χ0n) is 10.6. The van der Waals surface area contributed by atoms with E-state index in [1.807, 2.05) is 24.3 Å². The minimum atomic E-state index is -0.304. The summed E-state index contributed by atoms with van der Waals surface area (Å²) >= 11 is 0. The van der Waals surface area contributed by atoms with Gasteiger partial charge in [-0.3, -0.25) is 0 Å². The Morgan fingerprint density at radius 1 is 1.16 bits per heavy atom. The minimum Gasteiger partial charge on any atom is -0.496 e. The highest BCUT2D eigenvalue weighted by atomic mass is 19.1. The molecule has 0 N–H and O–H groups in total. The van der Waals surface area contributed by atoms with E-state index in [1.165, 1.54) is 12.1 Å². The molecule has 0 fully saturated rings. The van der Waals surface area contributed by atoms with E-state index in [2.05, 4.69) is 6.07 Å². The summed E-state index contributed by atoms with van der Waals surface area (Å²) in [6.45, 7) is 0. The number of para-hydroxylation sites is 1. The van der Waals surface area contributed by atoms with Crippen LogP contribution in [0.2, 0.25) is 0 Å². The van der Waals surface area contributed by atoms with Crippen LogP contribution in [0, 0.1) is 17.1 Å². The van der Waals surface area contributed by atoms with Crippen LogP contribution in [0.15, 0.2) is 48.5 Å². The molecule has 0 bridgehead atoms. The molecular formula is C16H14FNO. The van der Waals surface area contributed by atoms with Crippen LogP contribution >= 0.6 is 0 Å². The second-order valence-corrected chi connectivity index (χ2v) is 4.25. The van der Waals surface area contributed by atoms with Crippen LogP contribution in [0.3, 0.4) is 0 Å². The third-order valence-corrected chi connectivity index (χ3v) is 3.02. The number of hydrogen-bond acceptors (Lipinski definition) is 2. The molecule has 0 heterocycles. The van der Waals surface area contributed by atoms with Crippen LogP contribution in [-0.4, -0.2) is 7.11 Å². The SMILES string of the molecule is COc1ccccc1C(C#N)Cc1ccc(F)cc1. The van der Waals surface area contributed by atoms with Gasteiger partial charge in [0.25, 0.3) is 0 Å². The molecule has 0 saturated heterocycles. The van der Waals surface area contributed by atoms with Gasteiger partial charge in [-0.2, -0.15) is 5.26 Å². The number of methoxy groups -OCH3 is 1. The standard InChI is InChI=1S/C16H14FNO/c1-19-16-5-3-2-4-15(16)13(11-18)10-12-6-8-14(17)9-7-12/h2-9,13H,10H2,1H3. The number of ether oxygens (including phenoxy) is 1. The zero-order valence-corrected chi connectivity index (χ0v) is 10.6. The maximum atomic E-state index is 12.9. The predicted octanol–water partition coefficient (Wildman–Crippen LogP) is 3.68. The predicted molar refractivity (Wildman–Crippen MR) is 71.5 cm³/mol. The maximum absolute atomic E-state index is 12.9. The molecule has 0 radical (unpaired) electrons. The molecule has 1 unspecified atom stereocenters. The van der Waals surface area contributed by atoms with Crippen molar-refractivity contribution < 1.29 is 9.13 Å². The van der Waals surface area contributed by atoms with Crippen LogP contribution < -0.4 is 4.74 Å². The molecule has 0 aliphatic rings. The van der Waals surface area contributed by atoms with Crippen LogP contribution in [-0.2, 0) is 6.42 Å². The lowest BCUT2D eigenvalue weighted by molar-refractivity contribution is 0.408. The lowest BCUT2D eigenvalue weighted by Gasteiger charge is -2.13. The van der Waals surface area contributed by atoms with Gasteiger partial charge in [-0.25, -0.2) is 4.39 Å². The number of halogens is 1. The van der Waals surface area contributed by atoms with Gasteiger partial charge in [-0.05, 0) is 30.2 Å². The van der Waals surface area contributed by atoms with Crippen molar-refractivity contribution in [1.82, 2.24) is 0 Å². The Morgan fingerprint density at radius 3 is 2.47 bits per heavy atom. The van der Waals surface area contributed by atoms with Crippen LogP contribution in [0.5, 0.6) is 5.75 Å². The fraction of sp³-hybridized carbons (Fsp3) is 0.188. The Bertz CT molecular complexity index is 586. The van der Waals surface area contributed by atoms with Crippen molar-refractivity contribution in [3.05, 3.63) is 65.5 Å². The van der Waals surface area contributed by atoms with E-state index in [0.717, 1.165) is 11.1 Å². The van der Waals surface area contributed by atoms with Crippen molar-refractivity contribution in [2.45, 2.75) is 12.3 Å². The second-order valence-electron chi connectivity index (χ2n) is 4.25. The van der Waals surface area contributed by atoms with E-state index in [1.54, 1.807) is 19.2 Å². The Morgan fingerprint density at radius 2 is 1.84 bits per heavy atom. The first kappa shape index (κ1) is 13.1. The van der Waals surface area contributed by atoms with E-state index < -0.39 is 0 Å². The van der Waals surface area contributed by atoms with Crippen molar-refractivity contribution in [3.63, 3.8) is 0 Å². The van der Waals surface area contributed by atoms with E-state index in [4.69, 9.17) is 4.74 Å². The van der Waals surface area contributed by atoms with Crippen molar-refractivity contribution >= 4 is 0 Å². The Hall–Kier alpha value is -2.34. The summed E-state index contributed by atoms with van der Waals surface area (Å²) in [7, 11) is 1.59. The highest BCUT2D eigenvalue weighted by Crippen LogP contribution is 2.28. The monoisotopic (exact) mass is 255 g/mol. The number of benzene rings is 2. The Kier molecular flexibility index (Phi) is 4.15. The van der Waals surface area contributed by atoms with Gasteiger partial charge in [-0.15, -0.1) is 0 Å². The molecule has 0 spiro atoms. The van der Waals surface area contributed by atoms with Crippen molar-refractivity contribution in [1.29, 1.82) is 5.26 Å². The fourth-order valence-electron chi connectivity index (χ4n) is 2.04. The molecule has 19 heavy (non-hydrogen) atoms. The zero-order chi connectivity index (χ0) is 13.7. The normalized spacial score (nSPS) is 11.6. The van der Waals surface area contributed by atoms with Crippen molar-refractivity contribution in [2.24, 2.45) is 0 Å². The Balaban J connectivity index is 2.25. The molecule has 0 amide bonds. The van der Waals surface area contributed by atoms with E-state index >= 15 is 0 Å². The van der Waals surface area contributed by atoms with Gasteiger partial charge in [-0.1, -0.05) is 30.3 Å². The first-order valence-corrected chi connectivity index (χ1v) is 6.01. The van der Waals surface area contributed by atoms with E-state index in [-0.39, 0.29) is 11.7 Å². The molecule has 2 aromatic rings. The van der Waals surface area contributed by atoms with E-state index in [0.29, 0.717) is 12.2 Å². The molecule has 2 rings (SSSR count). The summed E-state index contributed by atoms with van der Waals surface area (Å²) < 4.78 is 18.1. The largest absolute Gasteiger partial charge is 0.496 e. The van der Waals surface area contributed by atoms with Gasteiger partial charge in [0.1, 0.15) is 11.6 Å². The third kappa shape index (κ3) is 3.11. The molecule has 3 heteroatoms. The fourth-order valence-corrected chi connectivity index (χ4v) is 2.04. The number of nitriles is 1. The maximum Gasteiger partial charge on any atom is 0.123 e. The average Bonchev–Trinajstić information content (AvgIpc) is 2.46. The van der Waals surface area contributed by atoms with Crippen molar-refractivity contribution in [2.75, 3.05) is 7.11 Å². The summed E-state index contributed by atoms with van der Waals surface area (Å²) in [5, 5.41) is 9.34. The molecule has 0 aromatic heterocycles. The lowest BCUT2D eigenvalue weighted by Crippen LogP contribution is -2.03. The van der Waals surface area contributed by atoms with Crippen LogP contribution in [0.1, 0.15) is 17.0 Å². The van der Waals surface area contributed by atoms with Gasteiger partial charge < -0.3 is 4.74 Å². The molecule has 1 atom stereocenters. The average molecular weight is 255 g/mol. The summed E-state index contributed by atoms with van der Waals surface area (Å²) in [6, 6.07) is 16.0. The second kappa shape index (κ2) is 6.01. The van der Waals surface area contributed by atoms with Gasteiger partial charge in [0, 0.05) is 5.56 Å². The molecule has 0 saturated carbocycles. The quantitative estimate of drug-likeness (QED) is 0.834. The van der Waals surface area contributed by atoms with Gasteiger partial charge in [0.05, 0.1) is 19.1 Å². The molecule has 2 aromatic carbocycles. The summed E-state index contributed by atoms with van der Waals surface area (Å²) in [4.78, 5) is 0. The number of hydrogen-bond donors (Lipinski definition) is 0. The summed E-state index contributed by atoms with van der Waals surface area (Å²) in [6.07, 6.45) is 0.539. The summed E-state index contributed by atoms with van der Waals surface area (Å²) in [5.74, 6) is 0.132. The molecule has 0 aliphatic heterocycles. The molecule has 2 nitrogen and oxygen atoms in total. The lowest BCUT2D eigenvalue weighted by atomic mass is 9.92. The minimum absolute atomic E-state index is 0.269. The van der Waals surface area contributed by atoms with Gasteiger partial charge in [0.15, 0.2) is 0 Å². The molecule has 96 valence electrons. The smallest absolute Gasteiger partial charge is 0.123 e. The first-order chi connectivity index (χ1) is 9.24. The highest BCUT2D eigenvalue weighted by Gasteiger charge is 2.15. The topological polar surface area (TPSA) is 33.0 Å². The third-order valence-electron chi connectivity index (χ3n) is 3.02. The van der Waals surface area contributed by atoms with Crippen molar-refractivity contribution in [3.8, 4) is 11.8 Å². The Labute approximate surface area is 112 Å². The van der Waals surface area contributed by atoms with Gasteiger partial charge >= 0.3 is 0 Å². The van der Waals surface area contributed by atoms with Gasteiger partial charge in [0.2, 0.25) is 0 Å². The molecule has 0 aliphatic carbocycles. The molecular weight excluding hydrogens is 241 g/mol. The van der Waals surface area contributed by atoms with Crippen LogP contribution in [0.25, 0.3) is 0 Å². The summed E-state index contributed by atoms with van der Waals surface area (Å²) in [5.41, 5.74) is 1.79. The number of nitrogens with zero attached hydrogens (tertiary/aromatic N) is 1. The highest BCUT2D eigenvalue weighted by molar-refractivity contribution is 5.40.